The molecule has 1 fully saturated rings. The number of nitrogens with one attached hydrogen (secondary N) is 2. The van der Waals surface area contributed by atoms with E-state index in [0.717, 1.165) is 0 Å². The Balaban J connectivity index is 0.00000288. The standard InChI is InChI=1S/C16H24N2O4S.ClH/c1-11(2)23(20,21)10-13-5-4-6-14(9-13)18-16(19)15-12(3)22-8-7-17-15;/h4-6,9,11-12,15,17H,7-8,10H2,1-3H3,(H,18,19);1H/t12-,15+;/m1./s1. The topological polar surface area (TPSA) is 84.5 Å². The van der Waals surface area contributed by atoms with Crippen molar-refractivity contribution in [1.29, 1.82) is 0 Å². The first-order valence-electron chi connectivity index (χ1n) is 7.76. The van der Waals surface area contributed by atoms with Crippen LogP contribution in [0.3, 0.4) is 0 Å². The van der Waals surface area contributed by atoms with E-state index in [1.165, 1.54) is 0 Å². The van der Waals surface area contributed by atoms with Gasteiger partial charge < -0.3 is 15.4 Å². The van der Waals surface area contributed by atoms with E-state index in [-0.39, 0.29) is 30.2 Å². The predicted molar refractivity (Wildman–Crippen MR) is 97.3 cm³/mol. The van der Waals surface area contributed by atoms with Crippen molar-refractivity contribution in [2.75, 3.05) is 18.5 Å². The van der Waals surface area contributed by atoms with Crippen LogP contribution in [-0.2, 0) is 25.1 Å². The summed E-state index contributed by atoms with van der Waals surface area (Å²) >= 11 is 0. The summed E-state index contributed by atoms with van der Waals surface area (Å²) in [6.45, 7) is 6.40. The number of hydrogen-bond acceptors (Lipinski definition) is 5. The number of hydrogen-bond donors (Lipinski definition) is 2. The maximum atomic E-state index is 12.3. The third-order valence-corrected chi connectivity index (χ3v) is 6.05. The summed E-state index contributed by atoms with van der Waals surface area (Å²) in [7, 11) is -3.17. The molecule has 1 heterocycles. The Labute approximate surface area is 149 Å². The van der Waals surface area contributed by atoms with Crippen LogP contribution in [0.1, 0.15) is 26.3 Å². The number of benzene rings is 1. The van der Waals surface area contributed by atoms with Crippen LogP contribution in [-0.4, -0.2) is 44.9 Å². The molecule has 1 aliphatic rings. The van der Waals surface area contributed by atoms with E-state index >= 15 is 0 Å². The van der Waals surface area contributed by atoms with E-state index in [1.54, 1.807) is 38.1 Å². The summed E-state index contributed by atoms with van der Waals surface area (Å²) < 4.78 is 29.5. The summed E-state index contributed by atoms with van der Waals surface area (Å²) in [5.74, 6) is -0.212. The molecule has 1 saturated heterocycles. The Morgan fingerprint density at radius 2 is 2.12 bits per heavy atom. The second-order valence-electron chi connectivity index (χ2n) is 6.05. The Morgan fingerprint density at radius 1 is 1.42 bits per heavy atom. The fourth-order valence-corrected chi connectivity index (χ4v) is 3.36. The van der Waals surface area contributed by atoms with Gasteiger partial charge in [0.05, 0.1) is 23.7 Å². The Bertz CT molecular complexity index is 664. The van der Waals surface area contributed by atoms with Gasteiger partial charge in [-0.05, 0) is 38.5 Å². The molecule has 0 aromatic heterocycles. The van der Waals surface area contributed by atoms with Gasteiger partial charge >= 0.3 is 0 Å². The Morgan fingerprint density at radius 3 is 2.75 bits per heavy atom. The highest BCUT2D eigenvalue weighted by atomic mass is 35.5. The first kappa shape index (κ1) is 20.9. The number of carbonyl (C=O) groups is 1. The zero-order valence-corrected chi connectivity index (χ0v) is 15.7. The molecule has 1 aromatic rings. The average molecular weight is 377 g/mol. The minimum atomic E-state index is -3.17. The van der Waals surface area contributed by atoms with E-state index in [9.17, 15) is 13.2 Å². The van der Waals surface area contributed by atoms with Gasteiger partial charge in [-0.3, -0.25) is 4.79 Å². The van der Waals surface area contributed by atoms with Gasteiger partial charge in [0, 0.05) is 12.2 Å². The van der Waals surface area contributed by atoms with E-state index in [4.69, 9.17) is 4.74 Å². The number of amides is 1. The van der Waals surface area contributed by atoms with Crippen molar-refractivity contribution in [3.63, 3.8) is 0 Å². The maximum absolute atomic E-state index is 12.3. The highest BCUT2D eigenvalue weighted by Gasteiger charge is 2.28. The lowest BCUT2D eigenvalue weighted by Gasteiger charge is -2.29. The highest BCUT2D eigenvalue weighted by Crippen LogP contribution is 2.16. The normalized spacial score (nSPS) is 21.2. The molecule has 8 heteroatoms. The Kier molecular flexibility index (Phi) is 7.66. The van der Waals surface area contributed by atoms with Crippen molar-refractivity contribution in [2.24, 2.45) is 0 Å². The number of halogens is 1. The molecule has 136 valence electrons. The molecule has 1 amide bonds. The van der Waals surface area contributed by atoms with Crippen molar-refractivity contribution in [3.8, 4) is 0 Å². The van der Waals surface area contributed by atoms with Crippen molar-refractivity contribution in [1.82, 2.24) is 5.32 Å². The van der Waals surface area contributed by atoms with Crippen LogP contribution >= 0.6 is 12.4 Å². The second-order valence-corrected chi connectivity index (χ2v) is 8.61. The molecule has 24 heavy (non-hydrogen) atoms. The molecule has 0 aliphatic carbocycles. The molecule has 2 N–H and O–H groups in total. The van der Waals surface area contributed by atoms with Crippen molar-refractivity contribution in [2.45, 2.75) is 43.9 Å². The van der Waals surface area contributed by atoms with Gasteiger partial charge in [0.25, 0.3) is 0 Å². The molecule has 0 bridgehead atoms. The molecule has 1 aliphatic heterocycles. The number of rotatable bonds is 5. The van der Waals surface area contributed by atoms with Crippen molar-refractivity contribution in [3.05, 3.63) is 29.8 Å². The van der Waals surface area contributed by atoms with Crippen LogP contribution in [0.2, 0.25) is 0 Å². The first-order valence-corrected chi connectivity index (χ1v) is 9.47. The molecule has 0 unspecified atom stereocenters. The smallest absolute Gasteiger partial charge is 0.244 e. The third-order valence-electron chi connectivity index (χ3n) is 3.88. The van der Waals surface area contributed by atoms with E-state index in [1.807, 2.05) is 6.92 Å². The first-order chi connectivity index (χ1) is 10.8. The largest absolute Gasteiger partial charge is 0.375 e. The second kappa shape index (κ2) is 8.80. The Hall–Kier alpha value is -1.15. The fraction of sp³-hybridized carbons (Fsp3) is 0.562. The van der Waals surface area contributed by atoms with Gasteiger partial charge in [-0.2, -0.15) is 0 Å². The van der Waals surface area contributed by atoms with Crippen LogP contribution in [0.15, 0.2) is 24.3 Å². The van der Waals surface area contributed by atoms with Gasteiger partial charge in [-0.15, -0.1) is 12.4 Å². The molecular formula is C16H25ClN2O4S. The quantitative estimate of drug-likeness (QED) is 0.817. The van der Waals surface area contributed by atoms with Crippen LogP contribution in [0.4, 0.5) is 5.69 Å². The van der Waals surface area contributed by atoms with Crippen LogP contribution in [0.25, 0.3) is 0 Å². The zero-order valence-electron chi connectivity index (χ0n) is 14.1. The lowest BCUT2D eigenvalue weighted by Crippen LogP contribution is -2.53. The van der Waals surface area contributed by atoms with E-state index in [2.05, 4.69) is 10.6 Å². The molecule has 0 saturated carbocycles. The number of sulfone groups is 1. The zero-order chi connectivity index (χ0) is 17.0. The molecule has 2 atom stereocenters. The summed E-state index contributed by atoms with van der Waals surface area (Å²) in [4.78, 5) is 12.3. The highest BCUT2D eigenvalue weighted by molar-refractivity contribution is 7.91. The van der Waals surface area contributed by atoms with Crippen LogP contribution in [0.5, 0.6) is 0 Å². The fourth-order valence-electron chi connectivity index (χ4n) is 2.39. The molecule has 0 radical (unpaired) electrons. The van der Waals surface area contributed by atoms with Gasteiger partial charge in [-0.25, -0.2) is 8.42 Å². The molecule has 1 aromatic carbocycles. The molecule has 0 spiro atoms. The van der Waals surface area contributed by atoms with Gasteiger partial charge in [0.2, 0.25) is 5.91 Å². The SMILES string of the molecule is CC(C)S(=O)(=O)Cc1cccc(NC(=O)[C@H]2NCCO[C@@H]2C)c1.Cl. The number of anilines is 1. The predicted octanol–water partition coefficient (Wildman–Crippen LogP) is 1.75. The molecule has 6 nitrogen and oxygen atoms in total. The van der Waals surface area contributed by atoms with Crippen molar-refractivity contribution < 1.29 is 17.9 Å². The van der Waals surface area contributed by atoms with Gasteiger partial charge in [0.15, 0.2) is 9.84 Å². The summed E-state index contributed by atoms with van der Waals surface area (Å²) in [6, 6.07) is 6.53. The lowest BCUT2D eigenvalue weighted by molar-refractivity contribution is -0.123. The summed E-state index contributed by atoms with van der Waals surface area (Å²) in [6.07, 6.45) is -0.201. The third kappa shape index (κ3) is 5.44. The molecule has 2 rings (SSSR count). The summed E-state index contributed by atoms with van der Waals surface area (Å²) in [5.41, 5.74) is 1.25. The number of ether oxygens (including phenoxy) is 1. The van der Waals surface area contributed by atoms with E-state index < -0.39 is 21.1 Å². The lowest BCUT2D eigenvalue weighted by atomic mass is 10.1. The number of carbonyl (C=O) groups excluding carboxylic acids is 1. The van der Waals surface area contributed by atoms with Crippen molar-refractivity contribution >= 4 is 33.8 Å². The maximum Gasteiger partial charge on any atom is 0.244 e. The molecular weight excluding hydrogens is 352 g/mol. The van der Waals surface area contributed by atoms with Crippen LogP contribution < -0.4 is 10.6 Å². The van der Waals surface area contributed by atoms with Gasteiger partial charge in [-0.1, -0.05) is 12.1 Å². The minimum absolute atomic E-state index is 0. The van der Waals surface area contributed by atoms with E-state index in [0.29, 0.717) is 24.4 Å². The minimum Gasteiger partial charge on any atom is -0.375 e. The van der Waals surface area contributed by atoms with Gasteiger partial charge in [0.1, 0.15) is 6.04 Å². The number of morpholine rings is 1. The summed E-state index contributed by atoms with van der Waals surface area (Å²) in [5, 5.41) is 5.52. The van der Waals surface area contributed by atoms with Crippen LogP contribution in [0, 0.1) is 0 Å². The average Bonchev–Trinajstić information content (AvgIpc) is 2.47. The monoisotopic (exact) mass is 376 g/mol.